The van der Waals surface area contributed by atoms with E-state index in [1.54, 1.807) is 24.3 Å². The van der Waals surface area contributed by atoms with Gasteiger partial charge in [0.2, 0.25) is 5.76 Å². The molecule has 0 aliphatic heterocycles. The Bertz CT molecular complexity index is 1760. The summed E-state index contributed by atoms with van der Waals surface area (Å²) in [5, 5.41) is 80.7. The van der Waals surface area contributed by atoms with Crippen molar-refractivity contribution >= 4 is 5.57 Å². The average molecular weight is 635 g/mol. The van der Waals surface area contributed by atoms with E-state index in [2.05, 4.69) is 12.5 Å². The van der Waals surface area contributed by atoms with Gasteiger partial charge in [0, 0.05) is 17.8 Å². The Hall–Kier alpha value is -5.80. The quantitative estimate of drug-likeness (QED) is 0.0650. The molecule has 8 N–H and O–H groups in total. The molecule has 0 amide bonds. The van der Waals surface area contributed by atoms with Crippen molar-refractivity contribution in [2.24, 2.45) is 11.8 Å². The van der Waals surface area contributed by atoms with Crippen LogP contribution in [-0.2, 0) is 0 Å². The lowest BCUT2D eigenvalue weighted by atomic mass is 9.78. The van der Waals surface area contributed by atoms with Crippen LogP contribution in [0.15, 0.2) is 149 Å². The van der Waals surface area contributed by atoms with E-state index in [1.807, 2.05) is 49.3 Å². The van der Waals surface area contributed by atoms with E-state index >= 15 is 0 Å². The number of hydrogen-bond donors (Lipinski definition) is 8. The van der Waals surface area contributed by atoms with Crippen LogP contribution >= 0.6 is 0 Å². The molecule has 242 valence electrons. The van der Waals surface area contributed by atoms with E-state index in [4.69, 9.17) is 12.8 Å². The first kappa shape index (κ1) is 35.7. The molecule has 1 aromatic carbocycles. The van der Waals surface area contributed by atoms with E-state index in [-0.39, 0.29) is 36.1 Å². The molecule has 2 aliphatic carbocycles. The van der Waals surface area contributed by atoms with Gasteiger partial charge in [-0.2, -0.15) is 0 Å². The third-order valence-corrected chi connectivity index (χ3v) is 7.91. The van der Waals surface area contributed by atoms with Crippen molar-refractivity contribution in [1.82, 2.24) is 0 Å². The molecule has 0 bridgehead atoms. The maximum absolute atomic E-state index is 10.6. The third kappa shape index (κ3) is 8.68. The van der Waals surface area contributed by atoms with E-state index in [9.17, 15) is 40.9 Å². The SMILES string of the molecule is C#C/C(O)=C(O)\C=C/CC(/C(=C/C=C(/O)C#C)CO)C(/C=C\C(=C)c1ccc(C(C2=CC=C(O)C2O)C2C=CC(O)=C2O)cc1)=C/C. The standard InChI is InChI=1S/C39H38O8/c1-5-25(30(9-8-10-34(43)33(42)7-3)28(23-40)17-18-29(41)6-2)12-11-24(4)26-13-15-27(16-14-26)37(31-19-21-35(44)38(31)46)32-20-22-36(45)39(32)47/h2-3,5,8,10-22,30-31,37,39-47H,4,9,23H2,1H3/b10-8-,12-11-,25-5+,28-17+,29-18+,34-33-. The second-order valence-electron chi connectivity index (χ2n) is 10.7. The van der Waals surface area contributed by atoms with Gasteiger partial charge in [0.05, 0.1) is 6.61 Å². The number of allylic oxidation sites excluding steroid dienone is 15. The number of benzene rings is 1. The molecule has 2 aliphatic rings. The molecule has 0 saturated carbocycles. The zero-order chi connectivity index (χ0) is 34.7. The zero-order valence-corrected chi connectivity index (χ0v) is 25.8. The molecule has 0 spiro atoms. The summed E-state index contributed by atoms with van der Waals surface area (Å²) in [7, 11) is 0. The van der Waals surface area contributed by atoms with Crippen molar-refractivity contribution in [2.45, 2.75) is 25.4 Å². The molecule has 4 unspecified atom stereocenters. The highest BCUT2D eigenvalue weighted by Crippen LogP contribution is 2.43. The normalized spacial score (nSPS) is 20.6. The van der Waals surface area contributed by atoms with Gasteiger partial charge >= 0.3 is 0 Å². The highest BCUT2D eigenvalue weighted by atomic mass is 16.3. The first-order chi connectivity index (χ1) is 22.5. The lowest BCUT2D eigenvalue weighted by Crippen LogP contribution is -2.22. The van der Waals surface area contributed by atoms with Gasteiger partial charge in [-0.1, -0.05) is 73.4 Å². The Labute approximate surface area is 274 Å². The molecular formula is C39H38O8. The third-order valence-electron chi connectivity index (χ3n) is 7.91. The maximum atomic E-state index is 10.6. The van der Waals surface area contributed by atoms with Crippen molar-refractivity contribution in [3.63, 3.8) is 0 Å². The predicted octanol–water partition coefficient (Wildman–Crippen LogP) is 7.06. The monoisotopic (exact) mass is 634 g/mol. The van der Waals surface area contributed by atoms with E-state index in [0.29, 0.717) is 16.7 Å². The summed E-state index contributed by atoms with van der Waals surface area (Å²) in [6, 6.07) is 7.31. The van der Waals surface area contributed by atoms with E-state index in [0.717, 1.165) is 16.7 Å². The summed E-state index contributed by atoms with van der Waals surface area (Å²) in [4.78, 5) is 0. The van der Waals surface area contributed by atoms with Gasteiger partial charge in [-0.25, -0.2) is 0 Å². The summed E-state index contributed by atoms with van der Waals surface area (Å²) in [6.07, 6.45) is 26.6. The smallest absolute Gasteiger partial charge is 0.209 e. The van der Waals surface area contributed by atoms with Crippen LogP contribution in [0.3, 0.4) is 0 Å². The minimum atomic E-state index is -1.24. The maximum Gasteiger partial charge on any atom is 0.209 e. The molecule has 0 radical (unpaired) electrons. The molecule has 0 aromatic heterocycles. The van der Waals surface area contributed by atoms with Crippen LogP contribution in [-0.4, -0.2) is 53.6 Å². The van der Waals surface area contributed by atoms with Gasteiger partial charge < -0.3 is 40.9 Å². The molecule has 0 saturated heterocycles. The first-order valence-corrected chi connectivity index (χ1v) is 14.6. The van der Waals surface area contributed by atoms with Gasteiger partial charge in [-0.05, 0) is 82.9 Å². The molecule has 0 fully saturated rings. The second-order valence-corrected chi connectivity index (χ2v) is 10.7. The lowest BCUT2D eigenvalue weighted by molar-refractivity contribution is 0.177. The van der Waals surface area contributed by atoms with Crippen LogP contribution < -0.4 is 0 Å². The number of aliphatic hydroxyl groups excluding tert-OH is 8. The Morgan fingerprint density at radius 3 is 2.21 bits per heavy atom. The minimum Gasteiger partial charge on any atom is -0.509 e. The number of terminal acetylenes is 2. The fraction of sp³-hybridized carbons (Fsp3) is 0.179. The average Bonchev–Trinajstić information content (AvgIpc) is 3.59. The van der Waals surface area contributed by atoms with E-state index in [1.165, 1.54) is 30.4 Å². The molecular weight excluding hydrogens is 596 g/mol. The van der Waals surface area contributed by atoms with Gasteiger partial charge in [0.15, 0.2) is 17.3 Å². The van der Waals surface area contributed by atoms with Gasteiger partial charge in [-0.15, -0.1) is 12.8 Å². The van der Waals surface area contributed by atoms with Crippen LogP contribution in [0.25, 0.3) is 5.57 Å². The summed E-state index contributed by atoms with van der Waals surface area (Å²) >= 11 is 0. The van der Waals surface area contributed by atoms with Crippen LogP contribution in [0.1, 0.15) is 30.4 Å². The van der Waals surface area contributed by atoms with Crippen LogP contribution in [0.2, 0.25) is 0 Å². The second kappa shape index (κ2) is 16.5. The lowest BCUT2D eigenvalue weighted by Gasteiger charge is -2.27. The van der Waals surface area contributed by atoms with Gasteiger partial charge in [0.1, 0.15) is 17.6 Å². The summed E-state index contributed by atoms with van der Waals surface area (Å²) in [6.45, 7) is 5.64. The Morgan fingerprint density at radius 2 is 1.68 bits per heavy atom. The Balaban J connectivity index is 1.91. The van der Waals surface area contributed by atoms with Crippen molar-refractivity contribution < 1.29 is 40.9 Å². The van der Waals surface area contributed by atoms with Crippen molar-refractivity contribution in [3.05, 3.63) is 160 Å². The molecule has 1 aromatic rings. The minimum absolute atomic E-state index is 0.203. The highest BCUT2D eigenvalue weighted by molar-refractivity contribution is 5.73. The molecule has 0 heterocycles. The highest BCUT2D eigenvalue weighted by Gasteiger charge is 2.37. The Kier molecular flexibility index (Phi) is 12.5. The van der Waals surface area contributed by atoms with E-state index < -0.39 is 35.4 Å². The zero-order valence-electron chi connectivity index (χ0n) is 25.8. The molecule has 4 atom stereocenters. The van der Waals surface area contributed by atoms with Crippen LogP contribution in [0.5, 0.6) is 0 Å². The topological polar surface area (TPSA) is 162 Å². The predicted molar refractivity (Wildman–Crippen MR) is 184 cm³/mol. The fourth-order valence-electron chi connectivity index (χ4n) is 5.32. The Morgan fingerprint density at radius 1 is 0.979 bits per heavy atom. The molecule has 3 rings (SSSR count). The van der Waals surface area contributed by atoms with Crippen LogP contribution in [0, 0.1) is 36.5 Å². The summed E-state index contributed by atoms with van der Waals surface area (Å²) in [5.41, 5.74) is 3.87. The summed E-state index contributed by atoms with van der Waals surface area (Å²) < 4.78 is 0. The van der Waals surface area contributed by atoms with Crippen LogP contribution in [0.4, 0.5) is 0 Å². The van der Waals surface area contributed by atoms with Gasteiger partial charge in [0.25, 0.3) is 0 Å². The summed E-state index contributed by atoms with van der Waals surface area (Å²) in [5.74, 6) is 0.286. The van der Waals surface area contributed by atoms with Crippen molar-refractivity contribution in [3.8, 4) is 24.7 Å². The van der Waals surface area contributed by atoms with Crippen molar-refractivity contribution in [1.29, 1.82) is 0 Å². The molecule has 8 nitrogen and oxygen atoms in total. The fourth-order valence-corrected chi connectivity index (χ4v) is 5.32. The number of hydrogen-bond acceptors (Lipinski definition) is 8. The largest absolute Gasteiger partial charge is 0.509 e. The molecule has 47 heavy (non-hydrogen) atoms. The molecule has 8 heteroatoms. The first-order valence-electron chi connectivity index (χ1n) is 14.6. The number of rotatable bonds is 13. The van der Waals surface area contributed by atoms with Gasteiger partial charge in [-0.3, -0.25) is 0 Å². The van der Waals surface area contributed by atoms with Crippen molar-refractivity contribution in [2.75, 3.05) is 6.61 Å². The number of aliphatic hydroxyl groups is 8.